The zero-order valence-electron chi connectivity index (χ0n) is 11.6. The van der Waals surface area contributed by atoms with Crippen LogP contribution in [-0.2, 0) is 4.74 Å². The number of carbonyl (C=O) groups excluding carboxylic acids is 1. The molecule has 0 unspecified atom stereocenters. The van der Waals surface area contributed by atoms with Crippen LogP contribution in [0.3, 0.4) is 0 Å². The van der Waals surface area contributed by atoms with Gasteiger partial charge in [-0.2, -0.15) is 0 Å². The lowest BCUT2D eigenvalue weighted by molar-refractivity contribution is -0.00524. The molecule has 1 aliphatic heterocycles. The molecule has 0 bridgehead atoms. The summed E-state index contributed by atoms with van der Waals surface area (Å²) in [6.45, 7) is 5.28. The molecule has 1 saturated heterocycles. The number of hydrogen-bond acceptors (Lipinski definition) is 5. The number of rotatable bonds is 2. The molecule has 1 fully saturated rings. The molecule has 1 aromatic carbocycles. The maximum atomic E-state index is 11.5. The summed E-state index contributed by atoms with van der Waals surface area (Å²) < 4.78 is 10.9. The van der Waals surface area contributed by atoms with Crippen LogP contribution in [0, 0.1) is 0 Å². The van der Waals surface area contributed by atoms with Crippen LogP contribution in [0.25, 0.3) is 11.0 Å². The Hall–Kier alpha value is -1.30. The lowest BCUT2D eigenvalue weighted by atomic mass is 10.1. The lowest BCUT2D eigenvalue weighted by Gasteiger charge is -2.37. The molecule has 21 heavy (non-hydrogen) atoms. The number of ether oxygens (including phenoxy) is 1. The van der Waals surface area contributed by atoms with Crippen molar-refractivity contribution in [3.63, 3.8) is 0 Å². The molecule has 0 radical (unpaired) electrons. The van der Waals surface area contributed by atoms with Gasteiger partial charge in [-0.15, -0.1) is 0 Å². The Bertz CT molecular complexity index is 691. The summed E-state index contributed by atoms with van der Waals surface area (Å²) in [5.74, 6) is 0. The molecule has 1 aliphatic rings. The van der Waals surface area contributed by atoms with Crippen molar-refractivity contribution < 1.29 is 14.1 Å². The fraction of sp³-hybridized carbons (Fsp3) is 0.429. The average molecular weight is 329 g/mol. The van der Waals surface area contributed by atoms with Crippen LogP contribution >= 0.6 is 23.2 Å². The molecule has 1 aromatic heterocycles. The Morgan fingerprint density at radius 1 is 1.33 bits per heavy atom. The SMILES string of the molecule is C[C@@H]1CN(c2c(C=O)cc3c(Cl)noc3c2Cl)C[C@@H](C)O1. The summed E-state index contributed by atoms with van der Waals surface area (Å²) >= 11 is 12.4. The minimum absolute atomic E-state index is 0.0540. The molecule has 0 aliphatic carbocycles. The van der Waals surface area contributed by atoms with E-state index in [1.165, 1.54) is 0 Å². The standard InChI is InChI=1S/C14H14Cl2N2O3/c1-7-4-18(5-8(2)20-7)12-9(6-19)3-10-13(11(12)15)21-17-14(10)16/h3,6-8H,4-5H2,1-2H3/t7-,8-/m1/s1. The molecule has 0 N–H and O–H groups in total. The van der Waals surface area contributed by atoms with Crippen LogP contribution in [0.2, 0.25) is 10.2 Å². The van der Waals surface area contributed by atoms with E-state index in [9.17, 15) is 4.79 Å². The van der Waals surface area contributed by atoms with E-state index in [-0.39, 0.29) is 17.4 Å². The van der Waals surface area contributed by atoms with Gasteiger partial charge >= 0.3 is 0 Å². The summed E-state index contributed by atoms with van der Waals surface area (Å²) in [4.78, 5) is 13.5. The van der Waals surface area contributed by atoms with Crippen molar-refractivity contribution in [2.24, 2.45) is 0 Å². The molecule has 3 rings (SSSR count). The van der Waals surface area contributed by atoms with Gasteiger partial charge in [-0.05, 0) is 19.9 Å². The lowest BCUT2D eigenvalue weighted by Crippen LogP contribution is -2.46. The second kappa shape index (κ2) is 5.48. The van der Waals surface area contributed by atoms with Crippen molar-refractivity contribution in [3.8, 4) is 0 Å². The maximum absolute atomic E-state index is 11.5. The Balaban J connectivity index is 2.16. The van der Waals surface area contributed by atoms with Gasteiger partial charge in [-0.1, -0.05) is 28.4 Å². The molecular weight excluding hydrogens is 315 g/mol. The number of benzene rings is 1. The van der Waals surface area contributed by atoms with Gasteiger partial charge in [-0.25, -0.2) is 0 Å². The van der Waals surface area contributed by atoms with Gasteiger partial charge in [0.05, 0.1) is 23.3 Å². The Labute approximate surface area is 131 Å². The molecule has 5 nitrogen and oxygen atoms in total. The molecule has 7 heteroatoms. The van der Waals surface area contributed by atoms with E-state index < -0.39 is 0 Å². The minimum atomic E-state index is 0.0540. The fourth-order valence-electron chi connectivity index (χ4n) is 2.79. The zero-order valence-corrected chi connectivity index (χ0v) is 13.1. The van der Waals surface area contributed by atoms with Gasteiger partial charge in [0.1, 0.15) is 5.02 Å². The second-order valence-corrected chi connectivity index (χ2v) is 5.99. The van der Waals surface area contributed by atoms with Crippen molar-refractivity contribution in [1.82, 2.24) is 5.16 Å². The van der Waals surface area contributed by atoms with Crippen LogP contribution in [0.5, 0.6) is 0 Å². The van der Waals surface area contributed by atoms with Crippen molar-refractivity contribution >= 4 is 46.1 Å². The number of morpholine rings is 1. The summed E-state index contributed by atoms with van der Waals surface area (Å²) in [6, 6.07) is 1.66. The summed E-state index contributed by atoms with van der Waals surface area (Å²) in [5, 5.41) is 4.79. The van der Waals surface area contributed by atoms with Crippen LogP contribution in [0.15, 0.2) is 10.6 Å². The van der Waals surface area contributed by atoms with Crippen molar-refractivity contribution in [3.05, 3.63) is 21.8 Å². The summed E-state index contributed by atoms with van der Waals surface area (Å²) in [6.07, 6.45) is 0.881. The van der Waals surface area contributed by atoms with E-state index in [2.05, 4.69) is 5.16 Å². The quantitative estimate of drug-likeness (QED) is 0.789. The number of fused-ring (bicyclic) bond motifs is 1. The fourth-order valence-corrected chi connectivity index (χ4v) is 3.33. The van der Waals surface area contributed by atoms with Gasteiger partial charge in [0.15, 0.2) is 17.0 Å². The molecule has 2 aromatic rings. The number of halogens is 2. The van der Waals surface area contributed by atoms with E-state index in [1.807, 2.05) is 18.7 Å². The van der Waals surface area contributed by atoms with Crippen LogP contribution in [-0.4, -0.2) is 36.7 Å². The van der Waals surface area contributed by atoms with Gasteiger partial charge in [0, 0.05) is 18.7 Å². The van der Waals surface area contributed by atoms with Crippen LogP contribution in [0.4, 0.5) is 5.69 Å². The third-order valence-electron chi connectivity index (χ3n) is 3.53. The predicted octanol–water partition coefficient (Wildman–Crippen LogP) is 3.56. The first-order valence-corrected chi connectivity index (χ1v) is 7.39. The number of aromatic nitrogens is 1. The van der Waals surface area contributed by atoms with Crippen molar-refractivity contribution in [1.29, 1.82) is 0 Å². The number of hydrogen-bond donors (Lipinski definition) is 0. The third-order valence-corrected chi connectivity index (χ3v) is 4.15. The summed E-state index contributed by atoms with van der Waals surface area (Å²) in [7, 11) is 0. The molecule has 2 atom stereocenters. The van der Waals surface area contributed by atoms with Crippen molar-refractivity contribution in [2.45, 2.75) is 26.1 Å². The predicted molar refractivity (Wildman–Crippen MR) is 81.6 cm³/mol. The second-order valence-electron chi connectivity index (χ2n) is 5.26. The largest absolute Gasteiger partial charge is 0.372 e. The van der Waals surface area contributed by atoms with Gasteiger partial charge in [-0.3, -0.25) is 4.79 Å². The number of carbonyl (C=O) groups is 1. The van der Waals surface area contributed by atoms with Gasteiger partial charge in [0.25, 0.3) is 0 Å². The topological polar surface area (TPSA) is 55.6 Å². The Morgan fingerprint density at radius 3 is 2.62 bits per heavy atom. The first-order valence-electron chi connectivity index (χ1n) is 6.64. The Morgan fingerprint density at radius 2 is 2.00 bits per heavy atom. The van der Waals surface area contributed by atoms with Crippen molar-refractivity contribution in [2.75, 3.05) is 18.0 Å². The molecular formula is C14H14Cl2N2O3. The van der Waals surface area contributed by atoms with Gasteiger partial charge < -0.3 is 14.2 Å². The zero-order chi connectivity index (χ0) is 15.1. The van der Waals surface area contributed by atoms with E-state index in [0.717, 1.165) is 6.29 Å². The highest BCUT2D eigenvalue weighted by atomic mass is 35.5. The van der Waals surface area contributed by atoms with E-state index in [4.69, 9.17) is 32.5 Å². The molecule has 0 amide bonds. The van der Waals surface area contributed by atoms with Crippen LogP contribution < -0.4 is 4.90 Å². The minimum Gasteiger partial charge on any atom is -0.372 e. The smallest absolute Gasteiger partial charge is 0.189 e. The monoisotopic (exact) mass is 328 g/mol. The Kier molecular flexibility index (Phi) is 3.82. The normalized spacial score (nSPS) is 22.8. The number of nitrogens with zero attached hydrogens (tertiary/aromatic N) is 2. The average Bonchev–Trinajstić information content (AvgIpc) is 2.79. The number of aldehydes is 1. The summed E-state index contributed by atoms with van der Waals surface area (Å²) in [5.41, 5.74) is 1.52. The van der Waals surface area contributed by atoms with E-state index in [1.54, 1.807) is 6.07 Å². The first-order chi connectivity index (χ1) is 10.0. The molecule has 112 valence electrons. The third kappa shape index (κ3) is 2.50. The van der Waals surface area contributed by atoms with Crippen LogP contribution in [0.1, 0.15) is 24.2 Å². The van der Waals surface area contributed by atoms with Gasteiger partial charge in [0.2, 0.25) is 0 Å². The highest BCUT2D eigenvalue weighted by Gasteiger charge is 2.28. The first kappa shape index (κ1) is 14.6. The van der Waals surface area contributed by atoms with E-state index >= 15 is 0 Å². The maximum Gasteiger partial charge on any atom is 0.189 e. The molecule has 0 saturated carbocycles. The molecule has 0 spiro atoms. The van der Waals surface area contributed by atoms with E-state index in [0.29, 0.717) is 40.3 Å². The highest BCUT2D eigenvalue weighted by molar-refractivity contribution is 6.41. The highest BCUT2D eigenvalue weighted by Crippen LogP contribution is 2.39. The number of anilines is 1. The molecule has 2 heterocycles.